The number of aromatic nitrogens is 1. The number of ether oxygens (including phenoxy) is 2. The van der Waals surface area contributed by atoms with Crippen molar-refractivity contribution in [2.24, 2.45) is 5.73 Å². The van der Waals surface area contributed by atoms with E-state index in [0.29, 0.717) is 31.1 Å². The number of carbonyl (C=O) groups is 3. The van der Waals surface area contributed by atoms with Crippen molar-refractivity contribution >= 4 is 34.9 Å². The van der Waals surface area contributed by atoms with Crippen LogP contribution in [0.4, 0.5) is 5.69 Å². The Balaban J connectivity index is 1.70. The summed E-state index contributed by atoms with van der Waals surface area (Å²) >= 11 is 0.813. The number of nitrogens with one attached hydrogen (secondary N) is 1. The first-order valence-electron chi connectivity index (χ1n) is 12.5. The van der Waals surface area contributed by atoms with Crippen LogP contribution in [-0.4, -0.2) is 84.4 Å². The van der Waals surface area contributed by atoms with Crippen molar-refractivity contribution in [3.05, 3.63) is 40.4 Å². The minimum atomic E-state index is -0.918. The molecule has 5 N–H and O–H groups in total. The summed E-state index contributed by atoms with van der Waals surface area (Å²) < 4.78 is 14.7. The number of methoxy groups -OCH3 is 1. The number of hydrogen-bond acceptors (Lipinski definition) is 9. The first kappa shape index (κ1) is 26.8. The van der Waals surface area contributed by atoms with Gasteiger partial charge in [0.25, 0.3) is 11.8 Å². The molecule has 0 bridgehead atoms. The minimum absolute atomic E-state index is 0.0662. The summed E-state index contributed by atoms with van der Waals surface area (Å²) in [7, 11) is 1.57. The highest BCUT2D eigenvalue weighted by molar-refractivity contribution is 7.09. The van der Waals surface area contributed by atoms with Gasteiger partial charge in [-0.3, -0.25) is 19.3 Å². The van der Waals surface area contributed by atoms with Gasteiger partial charge in [-0.1, -0.05) is 25.0 Å². The molecule has 1 atom stereocenters. The van der Waals surface area contributed by atoms with Gasteiger partial charge >= 0.3 is 0 Å². The van der Waals surface area contributed by atoms with Gasteiger partial charge in [0.2, 0.25) is 5.91 Å². The highest BCUT2D eigenvalue weighted by Gasteiger charge is 2.36. The zero-order valence-corrected chi connectivity index (χ0v) is 21.8. The van der Waals surface area contributed by atoms with Gasteiger partial charge in [0, 0.05) is 32.2 Å². The monoisotopic (exact) mass is 530 g/mol. The van der Waals surface area contributed by atoms with Gasteiger partial charge in [0.1, 0.15) is 16.7 Å². The topological polar surface area (TPSA) is 153 Å². The molecule has 11 nitrogen and oxygen atoms in total. The van der Waals surface area contributed by atoms with E-state index in [2.05, 4.69) is 14.6 Å². The highest BCUT2D eigenvalue weighted by atomic mass is 32.1. The molecule has 1 aliphatic heterocycles. The van der Waals surface area contributed by atoms with Crippen molar-refractivity contribution in [1.82, 2.24) is 19.5 Å². The molecular formula is C25H34N6O5S. The Bertz CT molecular complexity index is 1100. The maximum atomic E-state index is 14.0. The van der Waals surface area contributed by atoms with E-state index in [9.17, 15) is 14.4 Å². The Morgan fingerprint density at radius 1 is 1.22 bits per heavy atom. The lowest BCUT2D eigenvalue weighted by atomic mass is 10.0. The second kappa shape index (κ2) is 12.3. The lowest BCUT2D eigenvalue weighted by Crippen LogP contribution is -2.49. The molecule has 2 fully saturated rings. The van der Waals surface area contributed by atoms with Gasteiger partial charge < -0.3 is 31.2 Å². The molecule has 37 heavy (non-hydrogen) atoms. The third-order valence-electron chi connectivity index (χ3n) is 6.87. The Labute approximate surface area is 220 Å². The summed E-state index contributed by atoms with van der Waals surface area (Å²) in [5.74, 6) is -0.898. The van der Waals surface area contributed by atoms with E-state index in [0.717, 1.165) is 50.3 Å². The largest absolute Gasteiger partial charge is 0.497 e. The van der Waals surface area contributed by atoms with Crippen LogP contribution >= 0.6 is 11.5 Å². The zero-order chi connectivity index (χ0) is 26.4. The van der Waals surface area contributed by atoms with Gasteiger partial charge in [-0.25, -0.2) is 0 Å². The second-order valence-electron chi connectivity index (χ2n) is 9.26. The van der Waals surface area contributed by atoms with E-state index in [4.69, 9.17) is 20.9 Å². The zero-order valence-electron chi connectivity index (χ0n) is 21.0. The third kappa shape index (κ3) is 6.38. The van der Waals surface area contributed by atoms with Crippen LogP contribution in [0.2, 0.25) is 0 Å². The van der Waals surface area contributed by atoms with Crippen LogP contribution in [0.3, 0.4) is 0 Å². The third-order valence-corrected chi connectivity index (χ3v) is 7.72. The fourth-order valence-corrected chi connectivity index (χ4v) is 5.55. The molecule has 1 saturated carbocycles. The molecule has 2 aliphatic rings. The van der Waals surface area contributed by atoms with E-state index in [1.807, 2.05) is 0 Å². The van der Waals surface area contributed by atoms with Crippen molar-refractivity contribution < 1.29 is 23.9 Å². The predicted molar refractivity (Wildman–Crippen MR) is 139 cm³/mol. The Morgan fingerprint density at radius 2 is 1.89 bits per heavy atom. The van der Waals surface area contributed by atoms with Crippen molar-refractivity contribution in [1.29, 1.82) is 0 Å². The lowest BCUT2D eigenvalue weighted by molar-refractivity contribution is -0.126. The number of hydrogen-bond donors (Lipinski definition) is 3. The molecule has 0 radical (unpaired) electrons. The second-order valence-corrected chi connectivity index (χ2v) is 10.0. The van der Waals surface area contributed by atoms with Crippen molar-refractivity contribution in [3.63, 3.8) is 0 Å². The van der Waals surface area contributed by atoms with Crippen LogP contribution in [0.1, 0.15) is 57.4 Å². The number of nitrogens with two attached hydrogens (primary N) is 2. The Hall–Kier alpha value is -3.22. The maximum absolute atomic E-state index is 14.0. The van der Waals surface area contributed by atoms with Crippen LogP contribution in [0.15, 0.2) is 24.3 Å². The van der Waals surface area contributed by atoms with Gasteiger partial charge in [-0.15, -0.1) is 0 Å². The summed E-state index contributed by atoms with van der Waals surface area (Å²) in [6.07, 6.45) is 3.94. The summed E-state index contributed by atoms with van der Waals surface area (Å²) in [6, 6.07) is 6.26. The summed E-state index contributed by atoms with van der Waals surface area (Å²) in [4.78, 5) is 43.3. The van der Waals surface area contributed by atoms with E-state index in [-0.39, 0.29) is 34.8 Å². The molecule has 200 valence electrons. The van der Waals surface area contributed by atoms with Crippen molar-refractivity contribution in [3.8, 4) is 5.75 Å². The fourth-order valence-electron chi connectivity index (χ4n) is 4.79. The molecule has 2 aromatic rings. The molecule has 4 rings (SSSR count). The SMILES string of the molecule is COc1ccc([C@H](C(=O)NC2CCCC2)N(CCN2CCOCC2)C(=O)c2snc(C(N)=O)c2N)cc1. The smallest absolute Gasteiger partial charge is 0.270 e. The fraction of sp³-hybridized carbons (Fsp3) is 0.520. The van der Waals surface area contributed by atoms with Crippen LogP contribution < -0.4 is 21.5 Å². The van der Waals surface area contributed by atoms with Gasteiger partial charge in [-0.05, 0) is 42.1 Å². The van der Waals surface area contributed by atoms with Crippen molar-refractivity contribution in [2.75, 3.05) is 52.2 Å². The number of carbonyl (C=O) groups excluding carboxylic acids is 3. The molecule has 1 aromatic carbocycles. The molecule has 1 aromatic heterocycles. The molecule has 0 spiro atoms. The summed E-state index contributed by atoms with van der Waals surface area (Å²) in [5.41, 5.74) is 11.9. The van der Waals surface area contributed by atoms with Gasteiger partial charge in [0.15, 0.2) is 5.69 Å². The van der Waals surface area contributed by atoms with Crippen LogP contribution in [0.5, 0.6) is 5.75 Å². The number of anilines is 1. The van der Waals surface area contributed by atoms with Crippen LogP contribution in [0.25, 0.3) is 0 Å². The molecule has 12 heteroatoms. The van der Waals surface area contributed by atoms with Crippen LogP contribution in [0, 0.1) is 0 Å². The van der Waals surface area contributed by atoms with Crippen LogP contribution in [-0.2, 0) is 9.53 Å². The van der Waals surface area contributed by atoms with E-state index < -0.39 is 17.9 Å². The molecule has 3 amide bonds. The van der Waals surface area contributed by atoms with E-state index in [1.54, 1.807) is 31.4 Å². The number of nitrogen functional groups attached to an aromatic ring is 1. The Kier molecular flexibility index (Phi) is 8.95. The molecule has 1 aliphatic carbocycles. The molecular weight excluding hydrogens is 496 g/mol. The number of amides is 3. The van der Waals surface area contributed by atoms with E-state index >= 15 is 0 Å². The quantitative estimate of drug-likeness (QED) is 0.417. The number of rotatable bonds is 10. The van der Waals surface area contributed by atoms with Crippen molar-refractivity contribution in [2.45, 2.75) is 37.8 Å². The number of benzene rings is 1. The molecule has 2 heterocycles. The Morgan fingerprint density at radius 3 is 2.49 bits per heavy atom. The first-order chi connectivity index (χ1) is 17.9. The normalized spacial score (nSPS) is 17.3. The lowest BCUT2D eigenvalue weighted by Gasteiger charge is -2.34. The molecule has 1 saturated heterocycles. The molecule has 0 unspecified atom stereocenters. The number of nitrogens with zero attached hydrogens (tertiary/aromatic N) is 3. The standard InChI is InChI=1S/C25H34N6O5S/c1-35-18-8-6-16(7-9-18)21(24(33)28-17-4-2-3-5-17)31(11-10-30-12-14-36-15-13-30)25(34)22-19(26)20(23(27)32)29-37-22/h6-9,17,21H,2-5,10-15,26H2,1H3,(H2,27,32)(H,28,33)/t21-/m1/s1. The maximum Gasteiger partial charge on any atom is 0.270 e. The number of primary amides is 1. The predicted octanol–water partition coefficient (Wildman–Crippen LogP) is 1.41. The minimum Gasteiger partial charge on any atom is -0.497 e. The average Bonchev–Trinajstić information content (AvgIpc) is 3.56. The highest BCUT2D eigenvalue weighted by Crippen LogP contribution is 2.30. The van der Waals surface area contributed by atoms with Gasteiger partial charge in [0.05, 0.1) is 26.0 Å². The first-order valence-corrected chi connectivity index (χ1v) is 13.3. The average molecular weight is 531 g/mol. The van der Waals surface area contributed by atoms with E-state index in [1.165, 1.54) is 4.90 Å². The summed E-state index contributed by atoms with van der Waals surface area (Å²) in [5, 5.41) is 3.15. The number of morpholine rings is 1. The van der Waals surface area contributed by atoms with Gasteiger partial charge in [-0.2, -0.15) is 4.37 Å². The summed E-state index contributed by atoms with van der Waals surface area (Å²) in [6.45, 7) is 3.50.